The van der Waals surface area contributed by atoms with Crippen LogP contribution in [-0.2, 0) is 6.54 Å². The van der Waals surface area contributed by atoms with E-state index >= 15 is 0 Å². The van der Waals surface area contributed by atoms with E-state index in [9.17, 15) is 9.18 Å². The fraction of sp³-hybridized carbons (Fsp3) is 0.100. The summed E-state index contributed by atoms with van der Waals surface area (Å²) in [5.74, 6) is -0.543. The fourth-order valence-electron chi connectivity index (χ4n) is 2.40. The minimum atomic E-state index is -0.273. The molecule has 0 aliphatic heterocycles. The van der Waals surface area contributed by atoms with Crippen molar-refractivity contribution in [1.82, 2.24) is 4.98 Å². The van der Waals surface area contributed by atoms with Gasteiger partial charge in [0.25, 0.3) is 5.91 Å². The van der Waals surface area contributed by atoms with Crippen molar-refractivity contribution in [2.24, 2.45) is 0 Å². The molecule has 3 aromatic rings. The molecule has 132 valence electrons. The lowest BCUT2D eigenvalue weighted by Gasteiger charge is -2.11. The van der Waals surface area contributed by atoms with Crippen molar-refractivity contribution in [3.05, 3.63) is 88.5 Å². The maximum atomic E-state index is 12.9. The summed E-state index contributed by atoms with van der Waals surface area (Å²) in [6.45, 7) is 2.34. The van der Waals surface area contributed by atoms with Gasteiger partial charge in [-0.3, -0.25) is 9.78 Å². The highest BCUT2D eigenvalue weighted by atomic mass is 35.5. The summed E-state index contributed by atoms with van der Waals surface area (Å²) in [5.41, 5.74) is 3.52. The van der Waals surface area contributed by atoms with Crippen LogP contribution in [0.4, 0.5) is 15.8 Å². The monoisotopic (exact) mass is 369 g/mol. The van der Waals surface area contributed by atoms with Crippen LogP contribution in [0, 0.1) is 12.7 Å². The number of hydrogen-bond donors (Lipinski definition) is 2. The third kappa shape index (κ3) is 4.37. The molecule has 1 heterocycles. The number of pyridine rings is 1. The summed E-state index contributed by atoms with van der Waals surface area (Å²) in [7, 11) is 0. The topological polar surface area (TPSA) is 54.0 Å². The summed E-state index contributed by atoms with van der Waals surface area (Å²) in [5, 5.41) is 6.61. The average molecular weight is 370 g/mol. The van der Waals surface area contributed by atoms with Crippen molar-refractivity contribution in [3.8, 4) is 0 Å². The number of amides is 1. The Labute approximate surface area is 156 Å². The first-order valence-electron chi connectivity index (χ1n) is 8.03. The predicted molar refractivity (Wildman–Crippen MR) is 102 cm³/mol. The Balaban J connectivity index is 1.69. The molecule has 0 bridgehead atoms. The van der Waals surface area contributed by atoms with Crippen molar-refractivity contribution in [2.45, 2.75) is 13.5 Å². The number of hydrogen-bond acceptors (Lipinski definition) is 3. The molecule has 0 atom stereocenters. The van der Waals surface area contributed by atoms with Gasteiger partial charge in [0.15, 0.2) is 0 Å². The molecule has 6 heteroatoms. The standard InChI is InChI=1S/C20H17ClFN3O/c1-13-18(21)3-2-4-19(13)25-20(26)15-9-17(12-23-11-15)24-10-14-5-7-16(22)8-6-14/h2-9,11-12,24H,10H2,1H3,(H,25,26). The minimum absolute atomic E-state index is 0.270. The lowest BCUT2D eigenvalue weighted by atomic mass is 10.1. The Morgan fingerprint density at radius 2 is 1.92 bits per heavy atom. The quantitative estimate of drug-likeness (QED) is 0.662. The maximum absolute atomic E-state index is 12.9. The summed E-state index contributed by atoms with van der Waals surface area (Å²) in [4.78, 5) is 16.6. The second kappa shape index (κ2) is 7.97. The van der Waals surface area contributed by atoms with Gasteiger partial charge in [-0.1, -0.05) is 29.8 Å². The molecule has 0 spiro atoms. The summed E-state index contributed by atoms with van der Waals surface area (Å²) >= 11 is 6.08. The van der Waals surface area contributed by atoms with Gasteiger partial charge in [-0.2, -0.15) is 0 Å². The van der Waals surface area contributed by atoms with Gasteiger partial charge in [-0.05, 0) is 48.4 Å². The van der Waals surface area contributed by atoms with Crippen molar-refractivity contribution >= 4 is 28.9 Å². The van der Waals surface area contributed by atoms with Crippen LogP contribution in [0.5, 0.6) is 0 Å². The van der Waals surface area contributed by atoms with E-state index in [1.165, 1.54) is 18.3 Å². The zero-order chi connectivity index (χ0) is 18.5. The van der Waals surface area contributed by atoms with E-state index in [1.807, 2.05) is 6.92 Å². The van der Waals surface area contributed by atoms with Gasteiger partial charge >= 0.3 is 0 Å². The first kappa shape index (κ1) is 17.9. The van der Waals surface area contributed by atoms with Crippen LogP contribution in [0.3, 0.4) is 0 Å². The number of nitrogens with zero attached hydrogens (tertiary/aromatic N) is 1. The Kier molecular flexibility index (Phi) is 5.49. The van der Waals surface area contributed by atoms with Gasteiger partial charge in [0.1, 0.15) is 5.82 Å². The Morgan fingerprint density at radius 1 is 1.15 bits per heavy atom. The minimum Gasteiger partial charge on any atom is -0.380 e. The highest BCUT2D eigenvalue weighted by molar-refractivity contribution is 6.31. The zero-order valence-corrected chi connectivity index (χ0v) is 14.8. The van der Waals surface area contributed by atoms with Crippen LogP contribution >= 0.6 is 11.6 Å². The van der Waals surface area contributed by atoms with E-state index in [1.54, 1.807) is 42.6 Å². The molecular weight excluding hydrogens is 353 g/mol. The third-order valence-electron chi connectivity index (χ3n) is 3.93. The number of carbonyl (C=O) groups excluding carboxylic acids is 1. The highest BCUT2D eigenvalue weighted by Crippen LogP contribution is 2.23. The van der Waals surface area contributed by atoms with Gasteiger partial charge in [0.2, 0.25) is 0 Å². The molecule has 0 aliphatic rings. The van der Waals surface area contributed by atoms with Gasteiger partial charge in [-0.15, -0.1) is 0 Å². The Morgan fingerprint density at radius 3 is 2.69 bits per heavy atom. The fourth-order valence-corrected chi connectivity index (χ4v) is 2.58. The van der Waals surface area contributed by atoms with Crippen LogP contribution in [0.1, 0.15) is 21.5 Å². The normalized spacial score (nSPS) is 10.4. The van der Waals surface area contributed by atoms with Crippen LogP contribution in [0.15, 0.2) is 60.9 Å². The molecule has 0 aliphatic carbocycles. The smallest absolute Gasteiger partial charge is 0.257 e. The molecule has 26 heavy (non-hydrogen) atoms. The van der Waals surface area contributed by atoms with Gasteiger partial charge in [0.05, 0.1) is 11.3 Å². The molecular formula is C20H17ClFN3O. The summed E-state index contributed by atoms with van der Waals surface area (Å²) < 4.78 is 12.9. The molecule has 0 fully saturated rings. The third-order valence-corrected chi connectivity index (χ3v) is 4.34. The molecule has 0 unspecified atom stereocenters. The van der Waals surface area contributed by atoms with Gasteiger partial charge < -0.3 is 10.6 Å². The van der Waals surface area contributed by atoms with Crippen molar-refractivity contribution < 1.29 is 9.18 Å². The van der Waals surface area contributed by atoms with Gasteiger partial charge in [0, 0.05) is 29.6 Å². The maximum Gasteiger partial charge on any atom is 0.257 e. The number of aromatic nitrogens is 1. The van der Waals surface area contributed by atoms with Crippen LogP contribution in [0.25, 0.3) is 0 Å². The zero-order valence-electron chi connectivity index (χ0n) is 14.1. The lowest BCUT2D eigenvalue weighted by molar-refractivity contribution is 0.102. The van der Waals surface area contributed by atoms with E-state index in [0.29, 0.717) is 28.5 Å². The van der Waals surface area contributed by atoms with E-state index in [-0.39, 0.29) is 11.7 Å². The molecule has 2 N–H and O–H groups in total. The molecule has 1 aromatic heterocycles. The number of anilines is 2. The lowest BCUT2D eigenvalue weighted by Crippen LogP contribution is -2.13. The molecule has 1 amide bonds. The number of nitrogens with one attached hydrogen (secondary N) is 2. The average Bonchev–Trinajstić information content (AvgIpc) is 2.65. The molecule has 2 aromatic carbocycles. The van der Waals surface area contributed by atoms with Crippen molar-refractivity contribution in [1.29, 1.82) is 0 Å². The molecule has 3 rings (SSSR count). The van der Waals surface area contributed by atoms with E-state index in [4.69, 9.17) is 11.6 Å². The SMILES string of the molecule is Cc1c(Cl)cccc1NC(=O)c1cncc(NCc2ccc(F)cc2)c1. The van der Waals surface area contributed by atoms with Crippen LogP contribution < -0.4 is 10.6 Å². The van der Waals surface area contributed by atoms with E-state index in [2.05, 4.69) is 15.6 Å². The molecule has 0 saturated carbocycles. The largest absolute Gasteiger partial charge is 0.380 e. The molecule has 0 saturated heterocycles. The number of benzene rings is 2. The van der Waals surface area contributed by atoms with Crippen molar-refractivity contribution in [2.75, 3.05) is 10.6 Å². The first-order chi connectivity index (χ1) is 12.5. The van der Waals surface area contributed by atoms with Crippen molar-refractivity contribution in [3.63, 3.8) is 0 Å². The van der Waals surface area contributed by atoms with E-state index in [0.717, 1.165) is 11.1 Å². The van der Waals surface area contributed by atoms with Crippen LogP contribution in [-0.4, -0.2) is 10.9 Å². The Bertz CT molecular complexity index is 929. The summed E-state index contributed by atoms with van der Waals surface area (Å²) in [6, 6.07) is 13.3. The molecule has 0 radical (unpaired) electrons. The second-order valence-corrected chi connectivity index (χ2v) is 6.22. The number of carbonyl (C=O) groups is 1. The Hall–Kier alpha value is -2.92. The van der Waals surface area contributed by atoms with E-state index < -0.39 is 0 Å². The number of rotatable bonds is 5. The predicted octanol–water partition coefficient (Wildman–Crippen LogP) is 5.05. The summed E-state index contributed by atoms with van der Waals surface area (Å²) in [6.07, 6.45) is 3.13. The highest BCUT2D eigenvalue weighted by Gasteiger charge is 2.10. The van der Waals surface area contributed by atoms with Crippen LogP contribution in [0.2, 0.25) is 5.02 Å². The molecule has 4 nitrogen and oxygen atoms in total. The number of halogens is 2. The first-order valence-corrected chi connectivity index (χ1v) is 8.40. The second-order valence-electron chi connectivity index (χ2n) is 5.81. The van der Waals surface area contributed by atoms with Gasteiger partial charge in [-0.25, -0.2) is 4.39 Å².